The predicted molar refractivity (Wildman–Crippen MR) is 109 cm³/mol. The van der Waals surface area contributed by atoms with E-state index in [-0.39, 0.29) is 5.91 Å². The van der Waals surface area contributed by atoms with Crippen LogP contribution in [0.4, 0.5) is 11.4 Å². The van der Waals surface area contributed by atoms with Crippen molar-refractivity contribution in [3.8, 4) is 11.5 Å². The molecule has 1 amide bonds. The third-order valence-electron chi connectivity index (χ3n) is 4.21. The Labute approximate surface area is 164 Å². The summed E-state index contributed by atoms with van der Waals surface area (Å²) in [7, 11) is 3.18. The average molecular weight is 377 g/mol. The van der Waals surface area contributed by atoms with Crippen LogP contribution in [-0.2, 0) is 6.54 Å². The number of aromatic nitrogens is 1. The maximum atomic E-state index is 12.5. The second kappa shape index (κ2) is 8.90. The number of methoxy groups -OCH3 is 2. The quantitative estimate of drug-likeness (QED) is 0.649. The number of pyridine rings is 1. The minimum Gasteiger partial charge on any atom is -0.493 e. The molecule has 0 saturated carbocycles. The Morgan fingerprint density at radius 3 is 2.54 bits per heavy atom. The minimum atomic E-state index is -0.176. The zero-order valence-corrected chi connectivity index (χ0v) is 16.2. The minimum absolute atomic E-state index is 0.176. The first kappa shape index (κ1) is 19.2. The lowest BCUT2D eigenvalue weighted by Gasteiger charge is -2.12. The van der Waals surface area contributed by atoms with E-state index in [0.717, 1.165) is 16.8 Å². The highest BCUT2D eigenvalue weighted by molar-refractivity contribution is 5.94. The summed E-state index contributed by atoms with van der Waals surface area (Å²) in [5.74, 6) is 1.09. The molecule has 1 heterocycles. The summed E-state index contributed by atoms with van der Waals surface area (Å²) >= 11 is 0. The van der Waals surface area contributed by atoms with Gasteiger partial charge in [0.2, 0.25) is 0 Å². The number of rotatable bonds is 7. The van der Waals surface area contributed by atoms with Crippen LogP contribution >= 0.6 is 0 Å². The summed E-state index contributed by atoms with van der Waals surface area (Å²) < 4.78 is 10.6. The van der Waals surface area contributed by atoms with Crippen LogP contribution in [0.3, 0.4) is 0 Å². The molecule has 2 aromatic carbocycles. The van der Waals surface area contributed by atoms with Gasteiger partial charge in [0.15, 0.2) is 11.5 Å². The topological polar surface area (TPSA) is 72.5 Å². The summed E-state index contributed by atoms with van der Waals surface area (Å²) in [5, 5.41) is 6.15. The van der Waals surface area contributed by atoms with Crippen molar-refractivity contribution in [2.24, 2.45) is 0 Å². The number of anilines is 2. The first-order chi connectivity index (χ1) is 13.6. The molecule has 0 spiro atoms. The zero-order chi connectivity index (χ0) is 19.9. The second-order valence-corrected chi connectivity index (χ2v) is 6.33. The van der Waals surface area contributed by atoms with Crippen molar-refractivity contribution in [2.45, 2.75) is 13.5 Å². The van der Waals surface area contributed by atoms with Crippen molar-refractivity contribution in [3.63, 3.8) is 0 Å². The van der Waals surface area contributed by atoms with Gasteiger partial charge in [-0.05, 0) is 30.7 Å². The zero-order valence-electron chi connectivity index (χ0n) is 16.2. The molecule has 0 aliphatic heterocycles. The molecule has 144 valence electrons. The Morgan fingerprint density at radius 2 is 1.79 bits per heavy atom. The molecule has 6 heteroatoms. The van der Waals surface area contributed by atoms with Crippen molar-refractivity contribution in [3.05, 3.63) is 77.6 Å². The number of amides is 1. The molecular weight excluding hydrogens is 354 g/mol. The van der Waals surface area contributed by atoms with Gasteiger partial charge in [0.25, 0.3) is 5.91 Å². The Morgan fingerprint density at radius 1 is 0.964 bits per heavy atom. The highest BCUT2D eigenvalue weighted by Gasteiger charge is 2.09. The van der Waals surface area contributed by atoms with Gasteiger partial charge in [-0.3, -0.25) is 9.78 Å². The molecule has 3 aromatic rings. The summed E-state index contributed by atoms with van der Waals surface area (Å²) in [5.41, 5.74) is 4.21. The first-order valence-corrected chi connectivity index (χ1v) is 8.87. The fourth-order valence-electron chi connectivity index (χ4n) is 2.82. The first-order valence-electron chi connectivity index (χ1n) is 8.87. The van der Waals surface area contributed by atoms with Crippen LogP contribution in [0.15, 0.2) is 60.9 Å². The van der Waals surface area contributed by atoms with Crippen LogP contribution in [0.5, 0.6) is 11.5 Å². The third kappa shape index (κ3) is 4.79. The van der Waals surface area contributed by atoms with Crippen LogP contribution in [0.25, 0.3) is 0 Å². The van der Waals surface area contributed by atoms with Crippen molar-refractivity contribution < 1.29 is 14.3 Å². The number of hydrogen-bond acceptors (Lipinski definition) is 5. The van der Waals surface area contributed by atoms with E-state index in [1.165, 1.54) is 0 Å². The van der Waals surface area contributed by atoms with E-state index >= 15 is 0 Å². The third-order valence-corrected chi connectivity index (χ3v) is 4.21. The molecule has 28 heavy (non-hydrogen) atoms. The number of nitrogens with one attached hydrogen (secondary N) is 2. The number of ether oxygens (including phenoxy) is 2. The van der Waals surface area contributed by atoms with E-state index in [9.17, 15) is 4.79 Å². The van der Waals surface area contributed by atoms with E-state index in [1.807, 2.05) is 49.4 Å². The van der Waals surface area contributed by atoms with E-state index in [2.05, 4.69) is 15.6 Å². The van der Waals surface area contributed by atoms with Gasteiger partial charge in [0.1, 0.15) is 0 Å². The second-order valence-electron chi connectivity index (χ2n) is 6.33. The lowest BCUT2D eigenvalue weighted by Crippen LogP contribution is -2.23. The van der Waals surface area contributed by atoms with Crippen LogP contribution in [0.2, 0.25) is 0 Å². The SMILES string of the molecule is COc1ccc(Nc2cncc(C(=O)NCc3cccc(C)c3)c2)cc1OC. The van der Waals surface area contributed by atoms with Gasteiger partial charge in [0.05, 0.1) is 31.7 Å². The lowest BCUT2D eigenvalue weighted by molar-refractivity contribution is 0.0950. The molecule has 1 aromatic heterocycles. The smallest absolute Gasteiger partial charge is 0.253 e. The van der Waals surface area contributed by atoms with E-state index in [4.69, 9.17) is 9.47 Å². The van der Waals surface area contributed by atoms with Crippen molar-refractivity contribution in [1.29, 1.82) is 0 Å². The Kier molecular flexibility index (Phi) is 6.11. The van der Waals surface area contributed by atoms with Gasteiger partial charge in [-0.2, -0.15) is 0 Å². The largest absolute Gasteiger partial charge is 0.493 e. The van der Waals surface area contributed by atoms with Crippen LogP contribution in [0.1, 0.15) is 21.5 Å². The van der Waals surface area contributed by atoms with Gasteiger partial charge >= 0.3 is 0 Å². The summed E-state index contributed by atoms with van der Waals surface area (Å²) in [6.07, 6.45) is 3.21. The summed E-state index contributed by atoms with van der Waals surface area (Å²) in [4.78, 5) is 16.6. The van der Waals surface area contributed by atoms with Gasteiger partial charge in [0, 0.05) is 24.5 Å². The molecule has 0 aliphatic carbocycles. The number of hydrogen-bond donors (Lipinski definition) is 2. The Bertz CT molecular complexity index is 973. The molecule has 3 rings (SSSR count). The molecule has 0 bridgehead atoms. The maximum absolute atomic E-state index is 12.5. The van der Waals surface area contributed by atoms with Crippen LogP contribution < -0.4 is 20.1 Å². The molecule has 0 saturated heterocycles. The molecule has 0 aliphatic rings. The number of carbonyl (C=O) groups is 1. The molecule has 6 nitrogen and oxygen atoms in total. The van der Waals surface area contributed by atoms with Crippen molar-refractivity contribution in [2.75, 3.05) is 19.5 Å². The van der Waals surface area contributed by atoms with Gasteiger partial charge in [-0.1, -0.05) is 29.8 Å². The predicted octanol–water partition coefficient (Wildman–Crippen LogP) is 4.08. The van der Waals surface area contributed by atoms with E-state index < -0.39 is 0 Å². The standard InChI is InChI=1S/C22H23N3O3/c1-15-5-4-6-16(9-15)12-24-22(26)17-10-19(14-23-13-17)25-18-7-8-20(27-2)21(11-18)28-3/h4-11,13-14,25H,12H2,1-3H3,(H,24,26). The summed E-state index contributed by atoms with van der Waals surface area (Å²) in [6, 6.07) is 15.3. The molecule has 2 N–H and O–H groups in total. The van der Waals surface area contributed by atoms with Crippen molar-refractivity contribution in [1.82, 2.24) is 10.3 Å². The number of benzene rings is 2. The highest BCUT2D eigenvalue weighted by Crippen LogP contribution is 2.31. The number of nitrogens with zero attached hydrogens (tertiary/aromatic N) is 1. The van der Waals surface area contributed by atoms with E-state index in [0.29, 0.717) is 29.3 Å². The maximum Gasteiger partial charge on any atom is 0.253 e. The Balaban J connectivity index is 1.69. The fraction of sp³-hybridized carbons (Fsp3) is 0.182. The monoisotopic (exact) mass is 377 g/mol. The summed E-state index contributed by atoms with van der Waals surface area (Å²) in [6.45, 7) is 2.49. The normalized spacial score (nSPS) is 10.2. The van der Waals surface area contributed by atoms with Crippen LogP contribution in [0, 0.1) is 6.92 Å². The average Bonchev–Trinajstić information content (AvgIpc) is 2.72. The number of aryl methyl sites for hydroxylation is 1. The van der Waals surface area contributed by atoms with Crippen LogP contribution in [-0.4, -0.2) is 25.1 Å². The molecule has 0 radical (unpaired) electrons. The molecule has 0 unspecified atom stereocenters. The van der Waals surface area contributed by atoms with Gasteiger partial charge in [-0.15, -0.1) is 0 Å². The molecular formula is C22H23N3O3. The van der Waals surface area contributed by atoms with E-state index in [1.54, 1.807) is 32.7 Å². The van der Waals surface area contributed by atoms with Gasteiger partial charge < -0.3 is 20.1 Å². The molecule has 0 fully saturated rings. The fourth-order valence-corrected chi connectivity index (χ4v) is 2.82. The van der Waals surface area contributed by atoms with Crippen molar-refractivity contribution >= 4 is 17.3 Å². The highest BCUT2D eigenvalue weighted by atomic mass is 16.5. The lowest BCUT2D eigenvalue weighted by atomic mass is 10.1. The molecule has 0 atom stereocenters. The van der Waals surface area contributed by atoms with Gasteiger partial charge in [-0.25, -0.2) is 0 Å². The Hall–Kier alpha value is -3.54. The number of carbonyl (C=O) groups excluding carboxylic acids is 1.